The molecule has 0 saturated carbocycles. The van der Waals surface area contributed by atoms with Crippen molar-refractivity contribution in [2.75, 3.05) is 39.0 Å². The van der Waals surface area contributed by atoms with Crippen molar-refractivity contribution in [3.63, 3.8) is 0 Å². The number of piperidine rings is 1. The zero-order valence-corrected chi connectivity index (χ0v) is 27.5. The lowest BCUT2D eigenvalue weighted by Gasteiger charge is -2.34. The molecule has 4 aromatic rings. The molecule has 0 aromatic heterocycles. The Hall–Kier alpha value is -3.05. The zero-order valence-electron chi connectivity index (χ0n) is 25.1. The lowest BCUT2D eigenvalue weighted by atomic mass is 9.88. The van der Waals surface area contributed by atoms with Crippen LogP contribution in [-0.2, 0) is 11.2 Å². The molecule has 1 heterocycles. The van der Waals surface area contributed by atoms with Gasteiger partial charge in [0.2, 0.25) is 0 Å². The van der Waals surface area contributed by atoms with E-state index in [4.69, 9.17) is 23.2 Å². The van der Waals surface area contributed by atoms with E-state index in [1.165, 1.54) is 5.56 Å². The van der Waals surface area contributed by atoms with Crippen molar-refractivity contribution < 1.29 is 9.35 Å². The van der Waals surface area contributed by atoms with E-state index in [-0.39, 0.29) is 11.8 Å². The average molecular weight is 647 g/mol. The lowest BCUT2D eigenvalue weighted by Crippen LogP contribution is -2.37. The maximum absolute atomic E-state index is 14.0. The molecule has 4 aromatic carbocycles. The fraction of sp³-hybridized carbons (Fsp3) is 0.333. The van der Waals surface area contributed by atoms with E-state index >= 15 is 0 Å². The summed E-state index contributed by atoms with van der Waals surface area (Å²) in [6, 6.07) is 27.3. The van der Waals surface area contributed by atoms with Gasteiger partial charge in [-0.1, -0.05) is 71.7 Å². The summed E-state index contributed by atoms with van der Waals surface area (Å²) in [5.74, 6) is 0.364. The Balaban J connectivity index is 1.33. The highest BCUT2D eigenvalue weighted by Gasteiger charge is 2.27. The Kier molecular flexibility index (Phi) is 10.9. The monoisotopic (exact) mass is 645 g/mol. The maximum atomic E-state index is 14.0. The Morgan fingerprint density at radius 3 is 2.48 bits per heavy atom. The SMILES string of the molecule is CCN(C[C@@H](CCN1CCC(c2ccccc2[S@+](C)[O-])CC1)c1ccc(Cl)c(Cl)c1)C(=O)c1cc(C#N)cc2ccccc12. The predicted molar refractivity (Wildman–Crippen MR) is 181 cm³/mol. The van der Waals surface area contributed by atoms with Gasteiger partial charge in [0.15, 0.2) is 4.90 Å². The molecule has 44 heavy (non-hydrogen) atoms. The number of nitriles is 1. The topological polar surface area (TPSA) is 70.4 Å². The van der Waals surface area contributed by atoms with E-state index < -0.39 is 11.2 Å². The number of likely N-dealkylation sites (tertiary alicyclic amines) is 1. The average Bonchev–Trinajstić information content (AvgIpc) is 3.05. The van der Waals surface area contributed by atoms with Crippen LogP contribution in [0.3, 0.4) is 0 Å². The molecule has 0 bridgehead atoms. The molecule has 0 radical (unpaired) electrons. The van der Waals surface area contributed by atoms with E-state index in [0.717, 1.165) is 60.1 Å². The van der Waals surface area contributed by atoms with Crippen molar-refractivity contribution >= 4 is 51.1 Å². The third-order valence-corrected chi connectivity index (χ3v) is 10.5. The van der Waals surface area contributed by atoms with Crippen LogP contribution in [0.1, 0.15) is 65.1 Å². The molecule has 1 saturated heterocycles. The second-order valence-corrected chi connectivity index (χ2v) is 13.6. The van der Waals surface area contributed by atoms with Crippen LogP contribution in [0.5, 0.6) is 0 Å². The molecule has 0 unspecified atom stereocenters. The van der Waals surface area contributed by atoms with Gasteiger partial charge in [0, 0.05) is 30.1 Å². The van der Waals surface area contributed by atoms with Crippen LogP contribution in [0.4, 0.5) is 0 Å². The van der Waals surface area contributed by atoms with Gasteiger partial charge in [-0.2, -0.15) is 5.26 Å². The van der Waals surface area contributed by atoms with Crippen LogP contribution in [0.15, 0.2) is 83.8 Å². The van der Waals surface area contributed by atoms with Crippen molar-refractivity contribution in [2.24, 2.45) is 0 Å². The molecule has 1 aliphatic heterocycles. The maximum Gasteiger partial charge on any atom is 0.254 e. The second-order valence-electron chi connectivity index (χ2n) is 11.5. The first kappa shape index (κ1) is 32.3. The molecule has 1 amide bonds. The first-order chi connectivity index (χ1) is 21.3. The highest BCUT2D eigenvalue weighted by Crippen LogP contribution is 2.34. The van der Waals surface area contributed by atoms with Gasteiger partial charge >= 0.3 is 0 Å². The summed E-state index contributed by atoms with van der Waals surface area (Å²) in [7, 11) is 0. The molecule has 0 aliphatic carbocycles. The van der Waals surface area contributed by atoms with Crippen molar-refractivity contribution in [3.8, 4) is 6.07 Å². The van der Waals surface area contributed by atoms with Crippen LogP contribution >= 0.6 is 23.2 Å². The van der Waals surface area contributed by atoms with Gasteiger partial charge < -0.3 is 14.4 Å². The number of likely N-dealkylation sites (N-methyl/N-ethyl adjacent to an activating group) is 1. The van der Waals surface area contributed by atoms with Gasteiger partial charge in [-0.3, -0.25) is 4.79 Å². The molecule has 5 nitrogen and oxygen atoms in total. The molecule has 1 aliphatic rings. The van der Waals surface area contributed by atoms with Crippen LogP contribution < -0.4 is 0 Å². The van der Waals surface area contributed by atoms with Crippen molar-refractivity contribution in [2.45, 2.75) is 42.9 Å². The summed E-state index contributed by atoms with van der Waals surface area (Å²) in [4.78, 5) is 19.4. The van der Waals surface area contributed by atoms with E-state index in [2.05, 4.69) is 17.0 Å². The summed E-state index contributed by atoms with van der Waals surface area (Å²) in [6.07, 6.45) is 4.65. The number of amides is 1. The largest absolute Gasteiger partial charge is 0.612 e. The normalized spacial score (nSPS) is 15.5. The summed E-state index contributed by atoms with van der Waals surface area (Å²) in [5.41, 5.74) is 3.28. The van der Waals surface area contributed by atoms with Crippen molar-refractivity contribution in [1.29, 1.82) is 5.26 Å². The molecule has 5 rings (SSSR count). The summed E-state index contributed by atoms with van der Waals surface area (Å²) in [6.45, 7) is 5.86. The molecule has 8 heteroatoms. The number of fused-ring (bicyclic) bond motifs is 1. The molecule has 228 valence electrons. The molecule has 1 fully saturated rings. The van der Waals surface area contributed by atoms with Gasteiger partial charge in [-0.05, 0) is 110 Å². The van der Waals surface area contributed by atoms with E-state index in [1.54, 1.807) is 12.3 Å². The number of hydrogen-bond donors (Lipinski definition) is 0. The van der Waals surface area contributed by atoms with Gasteiger partial charge in [0.1, 0.15) is 6.26 Å². The van der Waals surface area contributed by atoms with Crippen LogP contribution in [0.2, 0.25) is 10.0 Å². The van der Waals surface area contributed by atoms with Gasteiger partial charge in [0.05, 0.1) is 21.7 Å². The minimum atomic E-state index is -1.00. The van der Waals surface area contributed by atoms with Gasteiger partial charge in [0.25, 0.3) is 5.91 Å². The fourth-order valence-corrected chi connectivity index (χ4v) is 7.50. The Morgan fingerprint density at radius 1 is 1.05 bits per heavy atom. The minimum Gasteiger partial charge on any atom is -0.612 e. The number of halogens is 2. The van der Waals surface area contributed by atoms with Crippen LogP contribution in [0.25, 0.3) is 10.8 Å². The number of benzene rings is 4. The summed E-state index contributed by atoms with van der Waals surface area (Å²) < 4.78 is 12.3. The standard InChI is InChI=1S/C36H37Cl2N3O2S/c1-3-41(36(42)32-21-25(23-39)20-28-8-4-5-9-30(28)32)24-29(27-12-13-33(37)34(38)22-27)16-19-40-17-14-26(15-18-40)31-10-6-7-11-35(31)44(2)43/h4-13,20-22,26,29H,3,14-19,24H2,1-2H3/t29-,44+/m1/s1. The Morgan fingerprint density at radius 2 is 1.77 bits per heavy atom. The number of rotatable bonds is 10. The third kappa shape index (κ3) is 7.42. The van der Waals surface area contributed by atoms with Crippen LogP contribution in [0, 0.1) is 11.3 Å². The summed E-state index contributed by atoms with van der Waals surface area (Å²) in [5, 5.41) is 12.4. The third-order valence-electron chi connectivity index (χ3n) is 8.80. The number of carbonyl (C=O) groups is 1. The van der Waals surface area contributed by atoms with Crippen molar-refractivity contribution in [3.05, 3.63) is 111 Å². The van der Waals surface area contributed by atoms with Gasteiger partial charge in [-0.15, -0.1) is 0 Å². The molecule has 2 atom stereocenters. The van der Waals surface area contributed by atoms with E-state index in [9.17, 15) is 14.6 Å². The fourth-order valence-electron chi connectivity index (χ4n) is 6.36. The highest BCUT2D eigenvalue weighted by molar-refractivity contribution is 7.90. The zero-order chi connectivity index (χ0) is 31.2. The second kappa shape index (κ2) is 14.8. The van der Waals surface area contributed by atoms with Crippen LogP contribution in [-0.4, -0.2) is 59.2 Å². The molecular weight excluding hydrogens is 609 g/mol. The molecular formula is C36H37Cl2N3O2S. The number of carbonyl (C=O) groups excluding carboxylic acids is 1. The number of nitrogens with zero attached hydrogens (tertiary/aromatic N) is 3. The van der Waals surface area contributed by atoms with Crippen molar-refractivity contribution in [1.82, 2.24) is 9.80 Å². The summed E-state index contributed by atoms with van der Waals surface area (Å²) >= 11 is 11.7. The smallest absolute Gasteiger partial charge is 0.254 e. The van der Waals surface area contributed by atoms with Gasteiger partial charge in [-0.25, -0.2) is 0 Å². The first-order valence-electron chi connectivity index (χ1n) is 15.1. The Labute approximate surface area is 273 Å². The molecule has 0 N–H and O–H groups in total. The van der Waals surface area contributed by atoms with E-state index in [1.807, 2.05) is 78.6 Å². The lowest BCUT2D eigenvalue weighted by molar-refractivity contribution is 0.0751. The minimum absolute atomic E-state index is 0.0417. The number of hydrogen-bond acceptors (Lipinski definition) is 4. The highest BCUT2D eigenvalue weighted by atomic mass is 35.5. The molecule has 0 spiro atoms. The predicted octanol–water partition coefficient (Wildman–Crippen LogP) is 8.27. The quantitative estimate of drug-likeness (QED) is 0.163. The Bertz CT molecular complexity index is 1660. The first-order valence-corrected chi connectivity index (χ1v) is 17.4. The van der Waals surface area contributed by atoms with E-state index in [0.29, 0.717) is 40.2 Å².